The van der Waals surface area contributed by atoms with Gasteiger partial charge in [-0.15, -0.1) is 11.3 Å². The van der Waals surface area contributed by atoms with Gasteiger partial charge >= 0.3 is 0 Å². The average Bonchev–Trinajstić information content (AvgIpc) is 3.21. The van der Waals surface area contributed by atoms with Crippen LogP contribution in [0.15, 0.2) is 28.7 Å². The molecule has 4 aliphatic carbocycles. The molecule has 2 nitrogen and oxygen atoms in total. The lowest BCUT2D eigenvalue weighted by molar-refractivity contribution is 0.0198. The Morgan fingerprint density at radius 3 is 1.97 bits per heavy atom. The van der Waals surface area contributed by atoms with E-state index in [-0.39, 0.29) is 0 Å². The molecule has 1 aromatic heterocycles. The Morgan fingerprint density at radius 1 is 0.882 bits per heavy atom. The standard InChI is InChI=1S/C20H27BrN2S.C10H16/c1-3-4-5-12-23-13-10-17(11-14-23)20-22-15(2)19(24-20)16-6-8-18(21)9-7-16;1-7-2-9-4-8(1)5-10(3-7)6-9/h6-9,17H,3-5,10-14H2,1-2H3;7-10H,1-6H2. The van der Waals surface area contributed by atoms with E-state index in [0.717, 1.165) is 4.47 Å². The summed E-state index contributed by atoms with van der Waals surface area (Å²) in [6.07, 6.45) is 16.2. The summed E-state index contributed by atoms with van der Waals surface area (Å²) in [4.78, 5) is 8.90. The van der Waals surface area contributed by atoms with E-state index in [1.54, 1.807) is 38.5 Å². The summed E-state index contributed by atoms with van der Waals surface area (Å²) in [7, 11) is 0. The number of likely N-dealkylation sites (tertiary alicyclic amines) is 1. The zero-order valence-corrected chi connectivity index (χ0v) is 23.7. The van der Waals surface area contributed by atoms with Crippen molar-refractivity contribution in [1.82, 2.24) is 9.88 Å². The minimum atomic E-state index is 0.653. The fourth-order valence-electron chi connectivity index (χ4n) is 7.43. The minimum absolute atomic E-state index is 0.653. The number of piperidine rings is 1. The van der Waals surface area contributed by atoms with Crippen molar-refractivity contribution in [2.45, 2.75) is 90.4 Å². The normalized spacial score (nSPS) is 28.7. The molecule has 34 heavy (non-hydrogen) atoms. The van der Waals surface area contributed by atoms with E-state index in [4.69, 9.17) is 4.98 Å². The maximum Gasteiger partial charge on any atom is 0.0966 e. The Morgan fingerprint density at radius 2 is 1.44 bits per heavy atom. The topological polar surface area (TPSA) is 16.1 Å². The summed E-state index contributed by atoms with van der Waals surface area (Å²) >= 11 is 5.42. The SMILES string of the molecule is C1C2CC3CC1CC(C2)C3.CCCCCN1CCC(c2nc(C)c(-c3ccc(Br)cc3)s2)CC1. The van der Waals surface area contributed by atoms with Crippen LogP contribution in [0.3, 0.4) is 0 Å². The summed E-state index contributed by atoms with van der Waals surface area (Å²) in [6, 6.07) is 8.60. The Labute approximate surface area is 220 Å². The van der Waals surface area contributed by atoms with Gasteiger partial charge in [-0.05, 0) is 126 Å². The number of benzene rings is 1. The van der Waals surface area contributed by atoms with Gasteiger partial charge in [-0.1, -0.05) is 47.8 Å². The van der Waals surface area contributed by atoms with Crippen LogP contribution in [0.1, 0.15) is 94.2 Å². The lowest BCUT2D eigenvalue weighted by Gasteiger charge is -2.49. The Kier molecular flexibility index (Phi) is 8.49. The summed E-state index contributed by atoms with van der Waals surface area (Å²) in [5.74, 6) is 5.36. The first kappa shape index (κ1) is 25.0. The Balaban J connectivity index is 0.000000196. The second kappa shape index (κ2) is 11.6. The van der Waals surface area contributed by atoms with Gasteiger partial charge in [0, 0.05) is 10.4 Å². The van der Waals surface area contributed by atoms with Crippen LogP contribution in [0.5, 0.6) is 0 Å². The van der Waals surface area contributed by atoms with Gasteiger partial charge in [-0.25, -0.2) is 4.98 Å². The molecule has 5 aliphatic rings. The highest BCUT2D eigenvalue weighted by Crippen LogP contribution is 2.53. The van der Waals surface area contributed by atoms with Crippen LogP contribution in [0.4, 0.5) is 0 Å². The third-order valence-corrected chi connectivity index (χ3v) is 10.8. The van der Waals surface area contributed by atoms with Crippen LogP contribution in [-0.2, 0) is 0 Å². The molecule has 1 aliphatic heterocycles. The van der Waals surface area contributed by atoms with Crippen LogP contribution in [-0.4, -0.2) is 29.5 Å². The molecule has 0 spiro atoms. The third kappa shape index (κ3) is 6.16. The van der Waals surface area contributed by atoms with Crippen LogP contribution >= 0.6 is 27.3 Å². The van der Waals surface area contributed by atoms with Crippen molar-refractivity contribution in [2.75, 3.05) is 19.6 Å². The first-order chi connectivity index (χ1) is 16.6. The second-order valence-corrected chi connectivity index (χ2v) is 13.6. The summed E-state index contributed by atoms with van der Waals surface area (Å²) in [5, 5.41) is 1.35. The molecule has 2 heterocycles. The van der Waals surface area contributed by atoms with Gasteiger partial charge in [0.1, 0.15) is 0 Å². The van der Waals surface area contributed by atoms with E-state index in [1.807, 2.05) is 11.3 Å². The first-order valence-electron chi connectivity index (χ1n) is 14.0. The molecule has 0 atom stereocenters. The molecule has 1 saturated heterocycles. The molecule has 0 radical (unpaired) electrons. The van der Waals surface area contributed by atoms with Crippen molar-refractivity contribution in [3.8, 4) is 10.4 Å². The van der Waals surface area contributed by atoms with E-state index in [0.29, 0.717) is 5.92 Å². The summed E-state index contributed by atoms with van der Waals surface area (Å²) in [5.41, 5.74) is 2.47. The van der Waals surface area contributed by atoms with E-state index in [2.05, 4.69) is 58.9 Å². The number of hydrogen-bond acceptors (Lipinski definition) is 3. The Hall–Kier alpha value is -0.710. The third-order valence-electron chi connectivity index (χ3n) is 8.93. The van der Waals surface area contributed by atoms with E-state index in [1.165, 1.54) is 96.6 Å². The summed E-state index contributed by atoms with van der Waals surface area (Å²) in [6.45, 7) is 8.18. The summed E-state index contributed by atoms with van der Waals surface area (Å²) < 4.78 is 1.13. The smallest absolute Gasteiger partial charge is 0.0966 e. The highest BCUT2D eigenvalue weighted by Gasteiger charge is 2.41. The fraction of sp³-hybridized carbons (Fsp3) is 0.700. The molecule has 0 amide bonds. The van der Waals surface area contributed by atoms with E-state index in [9.17, 15) is 0 Å². The van der Waals surface area contributed by atoms with Gasteiger partial charge in [-0.2, -0.15) is 0 Å². The zero-order valence-electron chi connectivity index (χ0n) is 21.3. The molecule has 7 rings (SSSR count). The van der Waals surface area contributed by atoms with Gasteiger partial charge in [0.25, 0.3) is 0 Å². The number of halogens is 1. The van der Waals surface area contributed by atoms with Gasteiger partial charge in [0.05, 0.1) is 15.6 Å². The van der Waals surface area contributed by atoms with Crippen molar-refractivity contribution >= 4 is 27.3 Å². The van der Waals surface area contributed by atoms with Crippen LogP contribution < -0.4 is 0 Å². The van der Waals surface area contributed by atoms with Gasteiger partial charge < -0.3 is 4.90 Å². The molecule has 0 N–H and O–H groups in total. The monoisotopic (exact) mass is 542 g/mol. The minimum Gasteiger partial charge on any atom is -0.303 e. The van der Waals surface area contributed by atoms with Crippen LogP contribution in [0.2, 0.25) is 0 Å². The molecule has 4 bridgehead atoms. The quantitative estimate of drug-likeness (QED) is 0.338. The number of nitrogens with zero attached hydrogens (tertiary/aromatic N) is 2. The highest BCUT2D eigenvalue weighted by molar-refractivity contribution is 9.10. The van der Waals surface area contributed by atoms with Crippen molar-refractivity contribution < 1.29 is 0 Å². The highest BCUT2D eigenvalue weighted by atomic mass is 79.9. The van der Waals surface area contributed by atoms with Gasteiger partial charge in [-0.3, -0.25) is 0 Å². The molecule has 4 heteroatoms. The largest absolute Gasteiger partial charge is 0.303 e. The number of hydrogen-bond donors (Lipinski definition) is 0. The molecule has 0 unspecified atom stereocenters. The molecular weight excluding hydrogens is 500 g/mol. The lowest BCUT2D eigenvalue weighted by atomic mass is 9.56. The van der Waals surface area contributed by atoms with Gasteiger partial charge in [0.15, 0.2) is 0 Å². The molecule has 2 aromatic rings. The van der Waals surface area contributed by atoms with Crippen LogP contribution in [0.25, 0.3) is 10.4 Å². The maximum absolute atomic E-state index is 4.92. The number of unbranched alkanes of at least 4 members (excludes halogenated alkanes) is 2. The zero-order chi connectivity index (χ0) is 23.5. The number of aromatic nitrogens is 1. The predicted octanol–water partition coefficient (Wildman–Crippen LogP) is 9.08. The predicted molar refractivity (Wildman–Crippen MR) is 150 cm³/mol. The van der Waals surface area contributed by atoms with Crippen molar-refractivity contribution in [2.24, 2.45) is 23.7 Å². The van der Waals surface area contributed by atoms with E-state index < -0.39 is 0 Å². The van der Waals surface area contributed by atoms with E-state index >= 15 is 0 Å². The molecule has 186 valence electrons. The van der Waals surface area contributed by atoms with Crippen LogP contribution in [0, 0.1) is 30.6 Å². The maximum atomic E-state index is 4.92. The van der Waals surface area contributed by atoms with Gasteiger partial charge in [0.2, 0.25) is 0 Å². The number of rotatable bonds is 6. The first-order valence-corrected chi connectivity index (χ1v) is 15.6. The molecular formula is C30H43BrN2S. The number of aryl methyl sites for hydroxylation is 1. The molecule has 4 saturated carbocycles. The van der Waals surface area contributed by atoms with Crippen molar-refractivity contribution in [3.05, 3.63) is 39.4 Å². The second-order valence-electron chi connectivity index (χ2n) is 11.7. The van der Waals surface area contributed by atoms with Crippen molar-refractivity contribution in [3.63, 3.8) is 0 Å². The lowest BCUT2D eigenvalue weighted by Crippen LogP contribution is -2.38. The molecule has 1 aromatic carbocycles. The number of thiazole rings is 1. The average molecular weight is 544 g/mol. The molecule has 5 fully saturated rings. The Bertz CT molecular complexity index is 856. The fourth-order valence-corrected chi connectivity index (χ4v) is 8.94. The van der Waals surface area contributed by atoms with Crippen molar-refractivity contribution in [1.29, 1.82) is 0 Å².